The summed E-state index contributed by atoms with van der Waals surface area (Å²) in [6, 6.07) is 16.7. The molecule has 0 unspecified atom stereocenters. The van der Waals surface area contributed by atoms with Gasteiger partial charge >= 0.3 is 0 Å². The molecule has 4 aromatic carbocycles. The summed E-state index contributed by atoms with van der Waals surface area (Å²) in [7, 11) is 6.01. The van der Waals surface area contributed by atoms with E-state index >= 15 is 0 Å². The highest BCUT2D eigenvalue weighted by Gasteiger charge is 2.09. The SMILES string of the molecule is CNC(=O)c1cc(N)cc(F)c1.CNC(=O)c1cc(N)ccc1F.CNC(=O)c1ccc(C)c(N)c1.CNC(=O)c1ccc(F)c(N)c1. The third kappa shape index (κ3) is 12.6. The van der Waals surface area contributed by atoms with Crippen molar-refractivity contribution < 1.29 is 32.3 Å². The lowest BCUT2D eigenvalue weighted by Gasteiger charge is -2.02. The Morgan fingerprint density at radius 1 is 0.500 bits per heavy atom. The normalized spacial score (nSPS) is 9.50. The zero-order valence-corrected chi connectivity index (χ0v) is 27.0. The van der Waals surface area contributed by atoms with E-state index < -0.39 is 23.4 Å². The lowest BCUT2D eigenvalue weighted by molar-refractivity contribution is 0.0952. The van der Waals surface area contributed by atoms with Crippen LogP contribution in [0.4, 0.5) is 35.9 Å². The summed E-state index contributed by atoms with van der Waals surface area (Å²) in [5.74, 6) is -2.79. The fourth-order valence-corrected chi connectivity index (χ4v) is 3.49. The van der Waals surface area contributed by atoms with Crippen LogP contribution >= 0.6 is 0 Å². The molecule has 12 nitrogen and oxygen atoms in total. The van der Waals surface area contributed by atoms with E-state index in [2.05, 4.69) is 21.3 Å². The topological polar surface area (TPSA) is 220 Å². The molecule has 0 aromatic heterocycles. The first kappa shape index (κ1) is 39.8. The third-order valence-corrected chi connectivity index (χ3v) is 6.13. The molecule has 0 heterocycles. The van der Waals surface area contributed by atoms with E-state index in [4.69, 9.17) is 22.9 Å². The average molecular weight is 669 g/mol. The van der Waals surface area contributed by atoms with Gasteiger partial charge in [-0.2, -0.15) is 0 Å². The van der Waals surface area contributed by atoms with Crippen molar-refractivity contribution in [1.82, 2.24) is 21.3 Å². The Labute approximate surface area is 276 Å². The van der Waals surface area contributed by atoms with Gasteiger partial charge in [-0.1, -0.05) is 6.07 Å². The molecule has 4 amide bonds. The summed E-state index contributed by atoms with van der Waals surface area (Å²) in [6.07, 6.45) is 0. The summed E-state index contributed by atoms with van der Waals surface area (Å²) in [4.78, 5) is 44.1. The van der Waals surface area contributed by atoms with E-state index in [-0.39, 0.29) is 40.2 Å². The molecule has 0 spiro atoms. The summed E-state index contributed by atoms with van der Waals surface area (Å²) < 4.78 is 38.2. The van der Waals surface area contributed by atoms with Gasteiger partial charge in [-0.25, -0.2) is 13.2 Å². The van der Waals surface area contributed by atoms with Gasteiger partial charge in [0, 0.05) is 61.9 Å². The Hall–Kier alpha value is -6.25. The smallest absolute Gasteiger partial charge is 0.254 e. The number of nitrogens with one attached hydrogen (secondary N) is 4. The van der Waals surface area contributed by atoms with Gasteiger partial charge in [0.1, 0.15) is 17.5 Å². The highest BCUT2D eigenvalue weighted by atomic mass is 19.1. The molecule has 0 saturated carbocycles. The van der Waals surface area contributed by atoms with Crippen LogP contribution in [0.2, 0.25) is 0 Å². The predicted octanol–water partition coefficient (Wildman–Crippen LogP) is 3.24. The van der Waals surface area contributed by atoms with Crippen molar-refractivity contribution in [3.63, 3.8) is 0 Å². The van der Waals surface area contributed by atoms with E-state index in [0.29, 0.717) is 22.5 Å². The minimum Gasteiger partial charge on any atom is -0.399 e. The van der Waals surface area contributed by atoms with E-state index in [1.165, 1.54) is 63.6 Å². The number of amides is 4. The van der Waals surface area contributed by atoms with Gasteiger partial charge in [-0.15, -0.1) is 0 Å². The fraction of sp³-hybridized carbons (Fsp3) is 0.152. The second-order valence-corrected chi connectivity index (χ2v) is 9.64. The molecule has 15 heteroatoms. The maximum Gasteiger partial charge on any atom is 0.254 e. The van der Waals surface area contributed by atoms with E-state index in [1.54, 1.807) is 19.2 Å². The van der Waals surface area contributed by atoms with Crippen molar-refractivity contribution in [2.45, 2.75) is 6.92 Å². The van der Waals surface area contributed by atoms with Crippen LogP contribution in [0.15, 0.2) is 72.8 Å². The monoisotopic (exact) mass is 668 g/mol. The molecule has 0 aliphatic rings. The number of anilines is 4. The molecule has 0 aliphatic carbocycles. The quantitative estimate of drug-likeness (QED) is 0.151. The molecule has 0 fully saturated rings. The first-order valence-corrected chi connectivity index (χ1v) is 14.0. The standard InChI is InChI=1S/C9H12N2O.3C8H9FN2O/c1-6-3-4-7(5-8(6)10)9(12)11-2;1-11-8(12)5-2-6(9)4-7(10)3-5;1-11-8(12)6-4-5(10)2-3-7(6)9;1-11-8(12)5-2-3-6(9)7(10)4-5/h3-5H,10H2,1-2H3,(H,11,12);3*2-4H,10H2,1H3,(H,11,12). The molecule has 0 aliphatic heterocycles. The number of carbonyl (C=O) groups is 4. The molecule has 4 rings (SSSR count). The molecule has 0 bridgehead atoms. The second kappa shape index (κ2) is 19.3. The molecule has 0 saturated heterocycles. The fourth-order valence-electron chi connectivity index (χ4n) is 3.49. The van der Waals surface area contributed by atoms with Gasteiger partial charge in [0.25, 0.3) is 23.6 Å². The minimum absolute atomic E-state index is 0.0175. The number of aryl methyl sites for hydroxylation is 1. The molecular formula is C33H39F3N8O4. The number of nitrogens with two attached hydrogens (primary N) is 4. The number of carbonyl (C=O) groups excluding carboxylic acids is 4. The van der Waals surface area contributed by atoms with Crippen LogP contribution in [0.5, 0.6) is 0 Å². The van der Waals surface area contributed by atoms with Crippen LogP contribution in [0.25, 0.3) is 0 Å². The van der Waals surface area contributed by atoms with E-state index in [0.717, 1.165) is 17.7 Å². The van der Waals surface area contributed by atoms with Gasteiger partial charge in [0.15, 0.2) is 0 Å². The minimum atomic E-state index is -0.566. The average Bonchev–Trinajstić information content (AvgIpc) is 3.07. The number of benzene rings is 4. The number of nitrogen functional groups attached to an aromatic ring is 4. The van der Waals surface area contributed by atoms with Crippen molar-refractivity contribution in [1.29, 1.82) is 0 Å². The zero-order chi connectivity index (χ0) is 36.6. The number of hydrogen-bond acceptors (Lipinski definition) is 8. The Balaban J connectivity index is 0.000000320. The number of halogens is 3. The Morgan fingerprint density at radius 3 is 1.46 bits per heavy atom. The van der Waals surface area contributed by atoms with Gasteiger partial charge in [0.2, 0.25) is 0 Å². The summed E-state index contributed by atoms with van der Waals surface area (Å²) >= 11 is 0. The predicted molar refractivity (Wildman–Crippen MR) is 182 cm³/mol. The largest absolute Gasteiger partial charge is 0.399 e. The zero-order valence-electron chi connectivity index (χ0n) is 27.0. The van der Waals surface area contributed by atoms with E-state index in [9.17, 15) is 32.3 Å². The first-order chi connectivity index (χ1) is 22.6. The van der Waals surface area contributed by atoms with Crippen molar-refractivity contribution in [3.05, 3.63) is 118 Å². The Morgan fingerprint density at radius 2 is 0.979 bits per heavy atom. The van der Waals surface area contributed by atoms with Gasteiger partial charge < -0.3 is 44.2 Å². The maximum absolute atomic E-state index is 12.9. The highest BCUT2D eigenvalue weighted by Crippen LogP contribution is 2.14. The molecule has 0 radical (unpaired) electrons. The third-order valence-electron chi connectivity index (χ3n) is 6.13. The van der Waals surface area contributed by atoms with Crippen molar-refractivity contribution in [2.75, 3.05) is 51.1 Å². The van der Waals surface area contributed by atoms with Gasteiger partial charge in [-0.3, -0.25) is 19.2 Å². The van der Waals surface area contributed by atoms with Crippen molar-refractivity contribution >= 4 is 46.4 Å². The highest BCUT2D eigenvalue weighted by molar-refractivity contribution is 5.96. The number of rotatable bonds is 4. The summed E-state index contributed by atoms with van der Waals surface area (Å²) in [6.45, 7) is 1.91. The van der Waals surface area contributed by atoms with Crippen LogP contribution in [0, 0.1) is 24.4 Å². The van der Waals surface area contributed by atoms with E-state index in [1.807, 2.05) is 13.0 Å². The van der Waals surface area contributed by atoms with Crippen molar-refractivity contribution in [3.8, 4) is 0 Å². The van der Waals surface area contributed by atoms with Gasteiger partial charge in [-0.05, 0) is 79.2 Å². The van der Waals surface area contributed by atoms with Crippen LogP contribution in [-0.2, 0) is 0 Å². The van der Waals surface area contributed by atoms with Crippen molar-refractivity contribution in [2.24, 2.45) is 0 Å². The van der Waals surface area contributed by atoms with Crippen LogP contribution < -0.4 is 44.2 Å². The Kier molecular flexibility index (Phi) is 16.0. The second-order valence-electron chi connectivity index (χ2n) is 9.64. The maximum atomic E-state index is 12.9. The molecule has 48 heavy (non-hydrogen) atoms. The Bertz CT molecular complexity index is 1670. The lowest BCUT2D eigenvalue weighted by atomic mass is 10.1. The van der Waals surface area contributed by atoms with Crippen LogP contribution in [0.3, 0.4) is 0 Å². The molecule has 256 valence electrons. The summed E-state index contributed by atoms with van der Waals surface area (Å²) in [5, 5.41) is 9.63. The lowest BCUT2D eigenvalue weighted by Crippen LogP contribution is -2.19. The van der Waals surface area contributed by atoms with Crippen LogP contribution in [0.1, 0.15) is 47.0 Å². The first-order valence-electron chi connectivity index (χ1n) is 14.0. The van der Waals surface area contributed by atoms with Crippen LogP contribution in [-0.4, -0.2) is 51.8 Å². The molecule has 4 aromatic rings. The van der Waals surface area contributed by atoms with Gasteiger partial charge in [0.05, 0.1) is 11.3 Å². The summed E-state index contributed by atoms with van der Waals surface area (Å²) in [5.41, 5.74) is 25.0. The molecular weight excluding hydrogens is 629 g/mol. The molecule has 12 N–H and O–H groups in total. The number of hydrogen-bond donors (Lipinski definition) is 8. The molecule has 0 atom stereocenters.